The molecule has 0 aromatic carbocycles. The van der Waals surface area contributed by atoms with E-state index in [1.807, 2.05) is 6.08 Å². The van der Waals surface area contributed by atoms with E-state index in [1.54, 1.807) is 32.6 Å². The van der Waals surface area contributed by atoms with Gasteiger partial charge < -0.3 is 19.7 Å². The number of hydrogen-bond donors (Lipinski definition) is 1. The third-order valence-corrected chi connectivity index (χ3v) is 3.12. The predicted molar refractivity (Wildman–Crippen MR) is 84.8 cm³/mol. The number of carbonyl (C=O) groups excluding carboxylic acids is 3. The number of rotatable bonds is 5. The van der Waals surface area contributed by atoms with E-state index in [-0.39, 0.29) is 24.8 Å². The Bertz CT molecular complexity index is 479. The molecule has 0 bridgehead atoms. The summed E-state index contributed by atoms with van der Waals surface area (Å²) in [4.78, 5) is 36.6. The van der Waals surface area contributed by atoms with Gasteiger partial charge in [-0.3, -0.25) is 9.59 Å². The molecule has 1 rings (SSSR count). The van der Waals surface area contributed by atoms with Gasteiger partial charge in [0.1, 0.15) is 12.1 Å². The molecular weight excluding hydrogens is 300 g/mol. The topological polar surface area (TPSA) is 84.9 Å². The summed E-state index contributed by atoms with van der Waals surface area (Å²) in [5, 5.41) is 2.45. The molecule has 1 aliphatic rings. The van der Waals surface area contributed by atoms with Crippen molar-refractivity contribution in [2.24, 2.45) is 0 Å². The Morgan fingerprint density at radius 2 is 2.00 bits per heavy atom. The zero-order chi connectivity index (χ0) is 17.5. The van der Waals surface area contributed by atoms with Gasteiger partial charge in [0.15, 0.2) is 0 Å². The highest BCUT2D eigenvalue weighted by Gasteiger charge is 2.21. The number of carbonyl (C=O) groups is 3. The van der Waals surface area contributed by atoms with Crippen molar-refractivity contribution < 1.29 is 23.9 Å². The van der Waals surface area contributed by atoms with E-state index in [1.165, 1.54) is 0 Å². The monoisotopic (exact) mass is 326 g/mol. The summed E-state index contributed by atoms with van der Waals surface area (Å²) in [6.07, 6.45) is 2.16. The molecule has 0 atom stereocenters. The van der Waals surface area contributed by atoms with Crippen LogP contribution in [0, 0.1) is 0 Å². The van der Waals surface area contributed by atoms with Gasteiger partial charge in [-0.2, -0.15) is 0 Å². The molecule has 1 heterocycles. The molecule has 0 aliphatic carbocycles. The van der Waals surface area contributed by atoms with E-state index in [0.717, 1.165) is 5.57 Å². The van der Waals surface area contributed by atoms with Gasteiger partial charge in [-0.25, -0.2) is 4.79 Å². The van der Waals surface area contributed by atoms with Gasteiger partial charge in [0.25, 0.3) is 0 Å². The summed E-state index contributed by atoms with van der Waals surface area (Å²) < 4.78 is 9.98. The molecule has 1 aliphatic heterocycles. The van der Waals surface area contributed by atoms with Gasteiger partial charge in [0, 0.05) is 13.1 Å². The molecule has 7 nitrogen and oxygen atoms in total. The van der Waals surface area contributed by atoms with Crippen molar-refractivity contribution in [1.29, 1.82) is 0 Å². The van der Waals surface area contributed by atoms with Crippen LogP contribution in [0.4, 0.5) is 4.79 Å². The zero-order valence-electron chi connectivity index (χ0n) is 14.3. The highest BCUT2D eigenvalue weighted by molar-refractivity contribution is 5.82. The first kappa shape index (κ1) is 19.0. The number of esters is 1. The maximum atomic E-state index is 12.0. The van der Waals surface area contributed by atoms with Gasteiger partial charge in [-0.15, -0.1) is 0 Å². The van der Waals surface area contributed by atoms with Crippen LogP contribution >= 0.6 is 0 Å². The van der Waals surface area contributed by atoms with Crippen molar-refractivity contribution in [2.45, 2.75) is 46.1 Å². The molecule has 2 amide bonds. The molecule has 0 aromatic rings. The predicted octanol–water partition coefficient (Wildman–Crippen LogP) is 1.62. The van der Waals surface area contributed by atoms with Crippen LogP contribution in [-0.4, -0.2) is 54.7 Å². The van der Waals surface area contributed by atoms with E-state index in [4.69, 9.17) is 9.47 Å². The molecule has 0 saturated carbocycles. The number of amides is 2. The van der Waals surface area contributed by atoms with Gasteiger partial charge in [0.05, 0.1) is 13.0 Å². The third-order valence-electron chi connectivity index (χ3n) is 3.12. The van der Waals surface area contributed by atoms with Crippen LogP contribution in [0.3, 0.4) is 0 Å². The van der Waals surface area contributed by atoms with Gasteiger partial charge >= 0.3 is 12.1 Å². The lowest BCUT2D eigenvalue weighted by atomic mass is 10.0. The van der Waals surface area contributed by atoms with Crippen molar-refractivity contribution in [1.82, 2.24) is 10.2 Å². The molecule has 0 radical (unpaired) electrons. The van der Waals surface area contributed by atoms with Gasteiger partial charge in [-0.1, -0.05) is 11.6 Å². The van der Waals surface area contributed by atoms with E-state index >= 15 is 0 Å². The minimum Gasteiger partial charge on any atom is -0.466 e. The fraction of sp³-hybridized carbons (Fsp3) is 0.688. The second-order valence-electron chi connectivity index (χ2n) is 6.29. The quantitative estimate of drug-likeness (QED) is 0.613. The van der Waals surface area contributed by atoms with Crippen LogP contribution in [0.2, 0.25) is 0 Å². The van der Waals surface area contributed by atoms with Crippen LogP contribution in [0.15, 0.2) is 11.6 Å². The third kappa shape index (κ3) is 7.67. The number of nitrogens with one attached hydrogen (secondary N) is 1. The molecule has 0 saturated heterocycles. The van der Waals surface area contributed by atoms with Crippen molar-refractivity contribution in [3.63, 3.8) is 0 Å². The average molecular weight is 326 g/mol. The van der Waals surface area contributed by atoms with E-state index in [0.29, 0.717) is 26.1 Å². The summed E-state index contributed by atoms with van der Waals surface area (Å²) in [5.41, 5.74) is 0.385. The number of nitrogens with zero attached hydrogens (tertiary/aromatic N) is 1. The van der Waals surface area contributed by atoms with Crippen molar-refractivity contribution in [3.8, 4) is 0 Å². The Morgan fingerprint density at radius 1 is 1.30 bits per heavy atom. The van der Waals surface area contributed by atoms with E-state index < -0.39 is 11.7 Å². The van der Waals surface area contributed by atoms with Crippen LogP contribution in [0.5, 0.6) is 0 Å². The van der Waals surface area contributed by atoms with Crippen molar-refractivity contribution >= 4 is 18.0 Å². The maximum absolute atomic E-state index is 12.0. The number of alkyl carbamates (subject to hydrolysis) is 1. The SMILES string of the molecule is CCOC(=O)CC1=CCN(C(=O)CNC(=O)OC(C)(C)C)CC1. The normalized spacial score (nSPS) is 14.8. The van der Waals surface area contributed by atoms with E-state index in [2.05, 4.69) is 5.32 Å². The number of hydrogen-bond acceptors (Lipinski definition) is 5. The molecule has 23 heavy (non-hydrogen) atoms. The van der Waals surface area contributed by atoms with Crippen LogP contribution in [0.1, 0.15) is 40.5 Å². The average Bonchev–Trinajstić information content (AvgIpc) is 2.44. The zero-order valence-corrected chi connectivity index (χ0v) is 14.3. The largest absolute Gasteiger partial charge is 0.466 e. The molecule has 0 fully saturated rings. The van der Waals surface area contributed by atoms with Gasteiger partial charge in [0.2, 0.25) is 5.91 Å². The molecule has 0 aromatic heterocycles. The lowest BCUT2D eigenvalue weighted by Crippen LogP contribution is -2.43. The Morgan fingerprint density at radius 3 is 2.52 bits per heavy atom. The van der Waals surface area contributed by atoms with E-state index in [9.17, 15) is 14.4 Å². The second-order valence-corrected chi connectivity index (χ2v) is 6.29. The fourth-order valence-electron chi connectivity index (χ4n) is 2.07. The molecule has 0 unspecified atom stereocenters. The lowest BCUT2D eigenvalue weighted by molar-refractivity contribution is -0.142. The first-order chi connectivity index (χ1) is 10.7. The van der Waals surface area contributed by atoms with Gasteiger partial charge in [-0.05, 0) is 34.1 Å². The summed E-state index contributed by atoms with van der Waals surface area (Å²) in [5.74, 6) is -0.424. The second kappa shape index (κ2) is 8.55. The van der Waals surface area contributed by atoms with Crippen LogP contribution in [0.25, 0.3) is 0 Å². The summed E-state index contributed by atoms with van der Waals surface area (Å²) in [6, 6.07) is 0. The molecule has 130 valence electrons. The summed E-state index contributed by atoms with van der Waals surface area (Å²) in [7, 11) is 0. The Kier molecular flexibility index (Phi) is 7.06. The minimum atomic E-state index is -0.610. The molecular formula is C16H26N2O5. The minimum absolute atomic E-state index is 0.101. The summed E-state index contributed by atoms with van der Waals surface area (Å²) in [6.45, 7) is 8.27. The van der Waals surface area contributed by atoms with Crippen molar-refractivity contribution in [3.05, 3.63) is 11.6 Å². The first-order valence-corrected chi connectivity index (χ1v) is 7.79. The van der Waals surface area contributed by atoms with Crippen LogP contribution in [-0.2, 0) is 19.1 Å². The lowest BCUT2D eigenvalue weighted by Gasteiger charge is -2.27. The molecule has 7 heteroatoms. The first-order valence-electron chi connectivity index (χ1n) is 7.79. The Labute approximate surface area is 137 Å². The Balaban J connectivity index is 2.36. The smallest absolute Gasteiger partial charge is 0.408 e. The Hall–Kier alpha value is -2.05. The highest BCUT2D eigenvalue weighted by Crippen LogP contribution is 2.15. The molecule has 0 spiro atoms. The number of ether oxygens (including phenoxy) is 2. The highest BCUT2D eigenvalue weighted by atomic mass is 16.6. The van der Waals surface area contributed by atoms with Crippen LogP contribution < -0.4 is 5.32 Å². The standard InChI is InChI=1S/C16H26N2O5/c1-5-22-14(20)10-12-6-8-18(9-7-12)13(19)11-17-15(21)23-16(2,3)4/h6H,5,7-11H2,1-4H3,(H,17,21). The maximum Gasteiger partial charge on any atom is 0.408 e. The molecule has 1 N–H and O–H groups in total. The van der Waals surface area contributed by atoms with Crippen molar-refractivity contribution in [2.75, 3.05) is 26.2 Å². The summed E-state index contributed by atoms with van der Waals surface area (Å²) >= 11 is 0. The fourth-order valence-corrected chi connectivity index (χ4v) is 2.07.